The van der Waals surface area contributed by atoms with E-state index in [0.717, 1.165) is 22.1 Å². The summed E-state index contributed by atoms with van der Waals surface area (Å²) < 4.78 is 10.3. The van der Waals surface area contributed by atoms with Crippen LogP contribution in [0.5, 0.6) is 5.75 Å². The smallest absolute Gasteiger partial charge is 0.119 e. The maximum atomic E-state index is 9.97. The summed E-state index contributed by atoms with van der Waals surface area (Å²) in [4.78, 5) is 0. The summed E-state index contributed by atoms with van der Waals surface area (Å²) in [5.41, 5.74) is 0.908. The van der Waals surface area contributed by atoms with Crippen LogP contribution in [0.2, 0.25) is 0 Å². The van der Waals surface area contributed by atoms with Crippen molar-refractivity contribution in [2.24, 2.45) is 0 Å². The zero-order valence-corrected chi connectivity index (χ0v) is 9.59. The highest BCUT2D eigenvalue weighted by Gasteiger charge is 2.32. The van der Waals surface area contributed by atoms with Crippen molar-refractivity contribution in [1.29, 1.82) is 0 Å². The van der Waals surface area contributed by atoms with E-state index >= 15 is 0 Å². The van der Waals surface area contributed by atoms with Gasteiger partial charge in [0.1, 0.15) is 18.0 Å². The van der Waals surface area contributed by atoms with Gasteiger partial charge in [0, 0.05) is 0 Å². The molecule has 3 nitrogen and oxygen atoms in total. The van der Waals surface area contributed by atoms with E-state index in [4.69, 9.17) is 9.47 Å². The first-order valence-corrected chi connectivity index (χ1v) is 5.65. The Morgan fingerprint density at radius 1 is 1.24 bits per heavy atom. The van der Waals surface area contributed by atoms with Crippen LogP contribution in [0.3, 0.4) is 0 Å². The van der Waals surface area contributed by atoms with Gasteiger partial charge in [0.25, 0.3) is 0 Å². The van der Waals surface area contributed by atoms with Crippen molar-refractivity contribution < 1.29 is 14.6 Å². The van der Waals surface area contributed by atoms with E-state index in [9.17, 15) is 5.11 Å². The van der Waals surface area contributed by atoms with Gasteiger partial charge >= 0.3 is 0 Å². The normalized spacial score (nSPS) is 20.2. The minimum atomic E-state index is -0.512. The lowest BCUT2D eigenvalue weighted by atomic mass is 10.0. The van der Waals surface area contributed by atoms with Crippen LogP contribution in [0.1, 0.15) is 11.7 Å². The number of hydrogen-bond acceptors (Lipinski definition) is 3. The Morgan fingerprint density at radius 3 is 2.65 bits per heavy atom. The van der Waals surface area contributed by atoms with E-state index in [1.54, 1.807) is 7.11 Å². The molecule has 0 aromatic heterocycles. The molecule has 2 aromatic rings. The molecule has 1 heterocycles. The SMILES string of the molecule is COc1ccc2cc([C@H](O)C3CO3)ccc2c1. The summed E-state index contributed by atoms with van der Waals surface area (Å²) in [6, 6.07) is 11.8. The quantitative estimate of drug-likeness (QED) is 0.822. The van der Waals surface area contributed by atoms with Crippen LogP contribution in [0, 0.1) is 0 Å². The van der Waals surface area contributed by atoms with Crippen LogP contribution in [-0.4, -0.2) is 24.9 Å². The molecule has 17 heavy (non-hydrogen) atoms. The molecule has 88 valence electrons. The van der Waals surface area contributed by atoms with E-state index < -0.39 is 6.10 Å². The Hall–Kier alpha value is -1.58. The Kier molecular flexibility index (Phi) is 2.50. The van der Waals surface area contributed by atoms with Gasteiger partial charge in [-0.25, -0.2) is 0 Å². The molecule has 1 fully saturated rings. The number of aliphatic hydroxyl groups excluding tert-OH is 1. The van der Waals surface area contributed by atoms with E-state index in [1.165, 1.54) is 0 Å². The summed E-state index contributed by atoms with van der Waals surface area (Å²) in [5.74, 6) is 0.844. The minimum absolute atomic E-state index is 0.0225. The number of ether oxygens (including phenoxy) is 2. The molecule has 0 spiro atoms. The molecule has 2 atom stereocenters. The molecule has 1 unspecified atom stereocenters. The lowest BCUT2D eigenvalue weighted by molar-refractivity contribution is 0.137. The zero-order chi connectivity index (χ0) is 11.8. The number of aliphatic hydroxyl groups is 1. The fraction of sp³-hybridized carbons (Fsp3) is 0.286. The highest BCUT2D eigenvalue weighted by Crippen LogP contribution is 2.30. The highest BCUT2D eigenvalue weighted by molar-refractivity contribution is 5.84. The Labute approximate surface area is 99.6 Å². The van der Waals surface area contributed by atoms with Crippen LogP contribution >= 0.6 is 0 Å². The molecule has 1 aliphatic rings. The fourth-order valence-corrected chi connectivity index (χ4v) is 2.01. The van der Waals surface area contributed by atoms with Crippen molar-refractivity contribution in [3.05, 3.63) is 42.0 Å². The second kappa shape index (κ2) is 4.02. The largest absolute Gasteiger partial charge is 0.497 e. The van der Waals surface area contributed by atoms with Gasteiger partial charge < -0.3 is 14.6 Å². The molecule has 0 bridgehead atoms. The number of methoxy groups -OCH3 is 1. The summed E-state index contributed by atoms with van der Waals surface area (Å²) >= 11 is 0. The van der Waals surface area contributed by atoms with Crippen molar-refractivity contribution >= 4 is 10.8 Å². The van der Waals surface area contributed by atoms with Crippen molar-refractivity contribution in [3.8, 4) is 5.75 Å². The molecule has 0 saturated carbocycles. The first-order valence-electron chi connectivity index (χ1n) is 5.65. The highest BCUT2D eigenvalue weighted by atomic mass is 16.6. The van der Waals surface area contributed by atoms with Crippen LogP contribution in [0.25, 0.3) is 10.8 Å². The van der Waals surface area contributed by atoms with Crippen LogP contribution in [0.15, 0.2) is 36.4 Å². The number of rotatable bonds is 3. The second-order valence-electron chi connectivity index (χ2n) is 4.29. The van der Waals surface area contributed by atoms with Gasteiger partial charge in [0.2, 0.25) is 0 Å². The Balaban J connectivity index is 2.00. The third-order valence-electron chi connectivity index (χ3n) is 3.12. The zero-order valence-electron chi connectivity index (χ0n) is 9.59. The molecule has 1 saturated heterocycles. The second-order valence-corrected chi connectivity index (χ2v) is 4.29. The lowest BCUT2D eigenvalue weighted by Gasteiger charge is -2.09. The maximum absolute atomic E-state index is 9.97. The van der Waals surface area contributed by atoms with Crippen molar-refractivity contribution in [2.75, 3.05) is 13.7 Å². The van der Waals surface area contributed by atoms with Gasteiger partial charge in [0.15, 0.2) is 0 Å². The summed E-state index contributed by atoms with van der Waals surface area (Å²) in [6.45, 7) is 0.655. The molecule has 0 amide bonds. The van der Waals surface area contributed by atoms with Crippen molar-refractivity contribution in [3.63, 3.8) is 0 Å². The molecule has 1 aliphatic heterocycles. The predicted octanol–water partition coefficient (Wildman–Crippen LogP) is 2.28. The number of fused-ring (bicyclic) bond motifs is 1. The molecule has 2 aromatic carbocycles. The monoisotopic (exact) mass is 230 g/mol. The fourth-order valence-electron chi connectivity index (χ4n) is 2.01. The summed E-state index contributed by atoms with van der Waals surface area (Å²) in [7, 11) is 1.66. The third kappa shape index (κ3) is 1.99. The topological polar surface area (TPSA) is 42.0 Å². The third-order valence-corrected chi connectivity index (χ3v) is 3.12. The molecular weight excluding hydrogens is 216 g/mol. The van der Waals surface area contributed by atoms with Gasteiger partial charge in [-0.3, -0.25) is 0 Å². The number of benzene rings is 2. The number of hydrogen-bond donors (Lipinski definition) is 1. The van der Waals surface area contributed by atoms with E-state index in [0.29, 0.717) is 6.61 Å². The van der Waals surface area contributed by atoms with Gasteiger partial charge in [-0.05, 0) is 34.5 Å². The maximum Gasteiger partial charge on any atom is 0.119 e. The van der Waals surface area contributed by atoms with Crippen molar-refractivity contribution in [1.82, 2.24) is 0 Å². The number of epoxide rings is 1. The lowest BCUT2D eigenvalue weighted by Crippen LogP contribution is -2.04. The van der Waals surface area contributed by atoms with E-state index in [1.807, 2.05) is 36.4 Å². The molecule has 0 aliphatic carbocycles. The molecule has 0 radical (unpaired) electrons. The Morgan fingerprint density at radius 2 is 1.94 bits per heavy atom. The minimum Gasteiger partial charge on any atom is -0.497 e. The van der Waals surface area contributed by atoms with Gasteiger partial charge in [-0.1, -0.05) is 18.2 Å². The molecule has 3 heteroatoms. The summed E-state index contributed by atoms with van der Waals surface area (Å²) in [5, 5.41) is 12.2. The predicted molar refractivity (Wildman–Crippen MR) is 65.2 cm³/mol. The van der Waals surface area contributed by atoms with Crippen LogP contribution in [0.4, 0.5) is 0 Å². The van der Waals surface area contributed by atoms with Crippen LogP contribution in [-0.2, 0) is 4.74 Å². The average Bonchev–Trinajstić information content (AvgIpc) is 3.21. The van der Waals surface area contributed by atoms with E-state index in [2.05, 4.69) is 0 Å². The van der Waals surface area contributed by atoms with Crippen LogP contribution < -0.4 is 4.74 Å². The Bertz CT molecular complexity index is 546. The molecule has 3 rings (SSSR count). The van der Waals surface area contributed by atoms with E-state index in [-0.39, 0.29) is 6.10 Å². The first kappa shape index (κ1) is 10.6. The summed E-state index contributed by atoms with van der Waals surface area (Å²) in [6.07, 6.45) is -0.535. The average molecular weight is 230 g/mol. The van der Waals surface area contributed by atoms with Gasteiger partial charge in [0.05, 0.1) is 13.7 Å². The van der Waals surface area contributed by atoms with Gasteiger partial charge in [-0.2, -0.15) is 0 Å². The van der Waals surface area contributed by atoms with Crippen molar-refractivity contribution in [2.45, 2.75) is 12.2 Å². The molecule has 1 N–H and O–H groups in total. The standard InChI is InChI=1S/C14H14O3/c1-16-12-5-4-9-6-11(3-2-10(9)7-12)14(15)13-8-17-13/h2-7,13-15H,8H2,1H3/t13?,14-/m0/s1. The van der Waals surface area contributed by atoms with Gasteiger partial charge in [-0.15, -0.1) is 0 Å². The molecular formula is C14H14O3. The first-order chi connectivity index (χ1) is 8.28.